The zero-order valence-corrected chi connectivity index (χ0v) is 12.3. The van der Waals surface area contributed by atoms with Crippen LogP contribution in [0.25, 0.3) is 0 Å². The van der Waals surface area contributed by atoms with Gasteiger partial charge in [0.15, 0.2) is 0 Å². The summed E-state index contributed by atoms with van der Waals surface area (Å²) in [5, 5.41) is 0. The number of sulfonamides is 1. The van der Waals surface area contributed by atoms with E-state index in [0.717, 1.165) is 5.56 Å². The maximum atomic E-state index is 12.6. The lowest BCUT2D eigenvalue weighted by Gasteiger charge is -2.32. The first-order valence-electron chi connectivity index (χ1n) is 6.39. The van der Waals surface area contributed by atoms with Crippen molar-refractivity contribution in [1.29, 1.82) is 0 Å². The molecule has 1 aromatic carbocycles. The molecule has 1 aromatic rings. The minimum Gasteiger partial charge on any atom is -0.494 e. The molecule has 2 rings (SSSR count). The first-order valence-corrected chi connectivity index (χ1v) is 7.83. The molecule has 0 aromatic heterocycles. The Morgan fingerprint density at radius 2 is 1.95 bits per heavy atom. The predicted molar refractivity (Wildman–Crippen MR) is 74.0 cm³/mol. The van der Waals surface area contributed by atoms with Gasteiger partial charge < -0.3 is 4.74 Å². The zero-order valence-electron chi connectivity index (χ0n) is 11.5. The second kappa shape index (κ2) is 5.25. The van der Waals surface area contributed by atoms with Gasteiger partial charge in [-0.1, -0.05) is 24.6 Å². The third-order valence-electron chi connectivity index (χ3n) is 3.16. The van der Waals surface area contributed by atoms with E-state index in [-0.39, 0.29) is 6.04 Å². The normalized spacial score (nSPS) is 19.8. The lowest BCUT2D eigenvalue weighted by molar-refractivity contribution is 0.129. The van der Waals surface area contributed by atoms with Gasteiger partial charge in [0.05, 0.1) is 17.1 Å². The number of rotatable bonds is 3. The Morgan fingerprint density at radius 1 is 1.32 bits per heavy atom. The monoisotopic (exact) mass is 281 g/mol. The van der Waals surface area contributed by atoms with Gasteiger partial charge in [-0.2, -0.15) is 0 Å². The van der Waals surface area contributed by atoms with E-state index in [1.165, 1.54) is 4.31 Å². The van der Waals surface area contributed by atoms with E-state index in [4.69, 9.17) is 4.74 Å². The minimum absolute atomic E-state index is 0.193. The van der Waals surface area contributed by atoms with Crippen LogP contribution in [0.2, 0.25) is 0 Å². The van der Waals surface area contributed by atoms with Crippen molar-refractivity contribution in [2.75, 3.05) is 6.61 Å². The summed E-state index contributed by atoms with van der Waals surface area (Å²) in [6.07, 6.45) is 2.29. The van der Waals surface area contributed by atoms with Gasteiger partial charge in [0.1, 0.15) is 12.4 Å². The fraction of sp³-hybridized carbons (Fsp3) is 0.429. The fourth-order valence-corrected chi connectivity index (χ4v) is 3.45. The molecule has 0 fully saturated rings. The maximum Gasteiger partial charge on any atom is 0.264 e. The summed E-state index contributed by atoms with van der Waals surface area (Å²) in [6.45, 7) is 6.11. The molecule has 0 aliphatic carbocycles. The lowest BCUT2D eigenvalue weighted by atomic mass is 10.2. The van der Waals surface area contributed by atoms with E-state index in [9.17, 15) is 8.42 Å². The molecule has 19 heavy (non-hydrogen) atoms. The average Bonchev–Trinajstić information content (AvgIpc) is 2.39. The SMILES string of the molecule is CCC1=CN(S(=O)(=O)c2ccc(C)cc2)[C@H](C)CO1. The first kappa shape index (κ1) is 13.9. The van der Waals surface area contributed by atoms with Crippen LogP contribution in [0.3, 0.4) is 0 Å². The summed E-state index contributed by atoms with van der Waals surface area (Å²) in [4.78, 5) is 0.318. The van der Waals surface area contributed by atoms with Crippen LogP contribution in [0.1, 0.15) is 25.8 Å². The van der Waals surface area contributed by atoms with E-state index in [1.807, 2.05) is 32.9 Å². The third-order valence-corrected chi connectivity index (χ3v) is 5.05. The molecule has 0 bridgehead atoms. The van der Waals surface area contributed by atoms with Gasteiger partial charge in [-0.15, -0.1) is 0 Å². The Kier molecular flexibility index (Phi) is 3.85. The molecule has 4 nitrogen and oxygen atoms in total. The van der Waals surface area contributed by atoms with Crippen LogP contribution in [-0.2, 0) is 14.8 Å². The van der Waals surface area contributed by atoms with Crippen LogP contribution in [0.15, 0.2) is 41.1 Å². The van der Waals surface area contributed by atoms with Crippen LogP contribution in [0, 0.1) is 6.92 Å². The van der Waals surface area contributed by atoms with Crippen molar-refractivity contribution in [3.8, 4) is 0 Å². The number of benzene rings is 1. The van der Waals surface area contributed by atoms with E-state index in [2.05, 4.69) is 0 Å². The second-order valence-electron chi connectivity index (χ2n) is 4.76. The van der Waals surface area contributed by atoms with Gasteiger partial charge in [0.2, 0.25) is 0 Å². The summed E-state index contributed by atoms with van der Waals surface area (Å²) in [5.74, 6) is 0.703. The summed E-state index contributed by atoms with van der Waals surface area (Å²) < 4.78 is 32.1. The summed E-state index contributed by atoms with van der Waals surface area (Å²) >= 11 is 0. The number of hydrogen-bond acceptors (Lipinski definition) is 3. The highest BCUT2D eigenvalue weighted by Gasteiger charge is 2.30. The average molecular weight is 281 g/mol. The van der Waals surface area contributed by atoms with E-state index < -0.39 is 10.0 Å². The second-order valence-corrected chi connectivity index (χ2v) is 6.60. The molecule has 1 aliphatic heterocycles. The first-order chi connectivity index (χ1) is 8.95. The maximum absolute atomic E-state index is 12.6. The fourth-order valence-electron chi connectivity index (χ4n) is 1.94. The molecule has 0 saturated heterocycles. The van der Waals surface area contributed by atoms with Crippen molar-refractivity contribution < 1.29 is 13.2 Å². The van der Waals surface area contributed by atoms with Crippen LogP contribution < -0.4 is 0 Å². The van der Waals surface area contributed by atoms with Crippen molar-refractivity contribution in [2.24, 2.45) is 0 Å². The quantitative estimate of drug-likeness (QED) is 0.855. The molecule has 1 atom stereocenters. The number of hydrogen-bond donors (Lipinski definition) is 0. The number of ether oxygens (including phenoxy) is 1. The molecule has 0 saturated carbocycles. The van der Waals surface area contributed by atoms with Gasteiger partial charge >= 0.3 is 0 Å². The molecule has 0 amide bonds. The molecular formula is C14H19NO3S. The number of nitrogens with zero attached hydrogens (tertiary/aromatic N) is 1. The molecule has 1 aliphatic rings. The lowest BCUT2D eigenvalue weighted by Crippen LogP contribution is -2.40. The van der Waals surface area contributed by atoms with Gasteiger partial charge in [-0.05, 0) is 26.0 Å². The van der Waals surface area contributed by atoms with Gasteiger partial charge in [-0.25, -0.2) is 8.42 Å². The Bertz CT molecular complexity index is 575. The summed E-state index contributed by atoms with van der Waals surface area (Å²) in [7, 11) is -3.49. The standard InChI is InChI=1S/C14H19NO3S/c1-4-13-9-15(12(3)10-18-13)19(16,17)14-7-5-11(2)6-8-14/h5-9,12H,4,10H2,1-3H3/t12-/m1/s1. The summed E-state index contributed by atoms with van der Waals surface area (Å²) in [6, 6.07) is 6.71. The van der Waals surface area contributed by atoms with E-state index in [0.29, 0.717) is 23.7 Å². The molecule has 0 unspecified atom stereocenters. The molecular weight excluding hydrogens is 262 g/mol. The summed E-state index contributed by atoms with van der Waals surface area (Å²) in [5.41, 5.74) is 1.04. The molecule has 1 heterocycles. The molecule has 0 N–H and O–H groups in total. The smallest absolute Gasteiger partial charge is 0.264 e. The van der Waals surface area contributed by atoms with E-state index >= 15 is 0 Å². The van der Waals surface area contributed by atoms with Crippen molar-refractivity contribution in [3.63, 3.8) is 0 Å². The molecule has 5 heteroatoms. The largest absolute Gasteiger partial charge is 0.494 e. The predicted octanol–water partition coefficient (Wildman–Crippen LogP) is 2.66. The van der Waals surface area contributed by atoms with E-state index in [1.54, 1.807) is 18.3 Å². The number of allylic oxidation sites excluding steroid dienone is 1. The number of aryl methyl sites for hydroxylation is 1. The van der Waals surface area contributed by atoms with Crippen molar-refractivity contribution in [2.45, 2.75) is 38.1 Å². The topological polar surface area (TPSA) is 46.6 Å². The Balaban J connectivity index is 2.40. The Morgan fingerprint density at radius 3 is 2.53 bits per heavy atom. The van der Waals surface area contributed by atoms with Gasteiger partial charge in [-0.3, -0.25) is 4.31 Å². The van der Waals surface area contributed by atoms with Crippen molar-refractivity contribution in [1.82, 2.24) is 4.31 Å². The van der Waals surface area contributed by atoms with Crippen LogP contribution in [0.4, 0.5) is 0 Å². The van der Waals surface area contributed by atoms with Crippen LogP contribution in [-0.4, -0.2) is 25.4 Å². The molecule has 0 spiro atoms. The highest BCUT2D eigenvalue weighted by Crippen LogP contribution is 2.24. The Hall–Kier alpha value is -1.49. The third kappa shape index (κ3) is 2.76. The van der Waals surface area contributed by atoms with Gasteiger partial charge in [0, 0.05) is 6.42 Å². The van der Waals surface area contributed by atoms with Crippen molar-refractivity contribution >= 4 is 10.0 Å². The van der Waals surface area contributed by atoms with Crippen molar-refractivity contribution in [3.05, 3.63) is 41.8 Å². The zero-order chi connectivity index (χ0) is 14.0. The minimum atomic E-state index is -3.49. The molecule has 104 valence electrons. The Labute approximate surface area is 114 Å². The highest BCUT2D eigenvalue weighted by atomic mass is 32.2. The molecule has 0 radical (unpaired) electrons. The highest BCUT2D eigenvalue weighted by molar-refractivity contribution is 7.89. The van der Waals surface area contributed by atoms with Crippen LogP contribution in [0.5, 0.6) is 0 Å². The van der Waals surface area contributed by atoms with Gasteiger partial charge in [0.25, 0.3) is 10.0 Å². The van der Waals surface area contributed by atoms with Crippen LogP contribution >= 0.6 is 0 Å².